The Hall–Kier alpha value is -2.21. The average molecular weight is 495 g/mol. The number of azide groups is 1. The van der Waals surface area contributed by atoms with Gasteiger partial charge in [-0.15, -0.1) is 10.1 Å². The highest BCUT2D eigenvalue weighted by atomic mass is 28.4. The summed E-state index contributed by atoms with van der Waals surface area (Å²) in [5, 5.41) is 14.1. The molecule has 0 aliphatic carbocycles. The molecule has 3 rings (SSSR count). The van der Waals surface area contributed by atoms with Crippen LogP contribution in [-0.2, 0) is 23.5 Å². The van der Waals surface area contributed by atoms with E-state index in [1.54, 1.807) is 0 Å². The predicted molar refractivity (Wildman–Crippen MR) is 126 cm³/mol. The fraction of sp³-hybridized carbons (Fsp3) is 0.727. The molecule has 0 bridgehead atoms. The molecule has 2 aliphatic rings. The third-order valence-electron chi connectivity index (χ3n) is 6.80. The second-order valence-electron chi connectivity index (χ2n) is 9.64. The largest absolute Gasteiger partial charge is 0.410 e. The van der Waals surface area contributed by atoms with Gasteiger partial charge in [0.2, 0.25) is 14.6 Å². The number of rotatable bonds is 9. The van der Waals surface area contributed by atoms with Crippen molar-refractivity contribution >= 4 is 8.32 Å². The van der Waals surface area contributed by atoms with E-state index in [4.69, 9.17) is 23.5 Å². The van der Waals surface area contributed by atoms with Crippen LogP contribution in [0.5, 0.6) is 0 Å². The summed E-state index contributed by atoms with van der Waals surface area (Å²) in [5.74, 6) is 0. The number of ether oxygens (including phenoxy) is 3. The van der Waals surface area contributed by atoms with Crippen molar-refractivity contribution in [2.75, 3.05) is 6.61 Å². The van der Waals surface area contributed by atoms with Gasteiger partial charge in [0.05, 0.1) is 12.7 Å². The lowest BCUT2D eigenvalue weighted by molar-refractivity contribution is -0.784. The van der Waals surface area contributed by atoms with Crippen LogP contribution in [0.15, 0.2) is 35.4 Å². The van der Waals surface area contributed by atoms with Crippen LogP contribution >= 0.6 is 0 Å². The quantitative estimate of drug-likeness (QED) is 0.114. The summed E-state index contributed by atoms with van der Waals surface area (Å²) in [6.45, 7) is 12.9. The highest BCUT2D eigenvalue weighted by molar-refractivity contribution is 6.77. The molecular formula is C22H34N4O7Si. The van der Waals surface area contributed by atoms with E-state index < -0.39 is 50.3 Å². The standard InChI is InChI=1S/C22H34N4O7Si/c1-13(2)34(14(3)4,15(5)6)33-20-18(24-25-23)22(32-26(27)28)30-17-12-29-21(31-19(17)20)16-10-8-7-9-11-16/h7-11,13-15,17-22H,12H2,1-6H3/t17-,18+,19-,20-,21-,22?/m1/s1. The Kier molecular flexibility index (Phi) is 8.55. The molecule has 188 valence electrons. The first-order valence-electron chi connectivity index (χ1n) is 11.6. The van der Waals surface area contributed by atoms with Crippen LogP contribution in [-0.4, -0.2) is 50.7 Å². The summed E-state index contributed by atoms with van der Waals surface area (Å²) in [4.78, 5) is 18.9. The van der Waals surface area contributed by atoms with Gasteiger partial charge >= 0.3 is 0 Å². The second kappa shape index (κ2) is 11.0. The molecule has 11 nitrogen and oxygen atoms in total. The summed E-state index contributed by atoms with van der Waals surface area (Å²) in [7, 11) is -2.52. The minimum Gasteiger partial charge on any atom is -0.410 e. The fourth-order valence-electron chi connectivity index (χ4n) is 5.47. The third kappa shape index (κ3) is 5.22. The van der Waals surface area contributed by atoms with Gasteiger partial charge in [-0.25, -0.2) is 0 Å². The Labute approximate surface area is 200 Å². The van der Waals surface area contributed by atoms with Crippen molar-refractivity contribution in [2.24, 2.45) is 5.11 Å². The van der Waals surface area contributed by atoms with Gasteiger partial charge in [0, 0.05) is 10.5 Å². The first-order chi connectivity index (χ1) is 16.1. The minimum absolute atomic E-state index is 0.115. The SMILES string of the molecule is CC(C)[Si](O[C@H]1[C@@H]2O[C@H](c3ccccc3)OC[C@H]2OC(O[N+](=O)[O-])[C@H]1N=[N+]=[N-])(C(C)C)C(C)C. The molecule has 1 aromatic carbocycles. The van der Waals surface area contributed by atoms with Gasteiger partial charge in [-0.1, -0.05) is 77.0 Å². The van der Waals surface area contributed by atoms with Gasteiger partial charge in [0.25, 0.3) is 5.09 Å². The van der Waals surface area contributed by atoms with Gasteiger partial charge in [0.1, 0.15) is 18.2 Å². The molecule has 0 amide bonds. The Bertz CT molecular complexity index is 859. The molecule has 2 fully saturated rings. The normalized spacial score (nSPS) is 29.6. The van der Waals surface area contributed by atoms with Crippen LogP contribution in [0.25, 0.3) is 10.4 Å². The molecule has 2 heterocycles. The van der Waals surface area contributed by atoms with Crippen molar-refractivity contribution in [1.82, 2.24) is 0 Å². The lowest BCUT2D eigenvalue weighted by atomic mass is 9.96. The van der Waals surface area contributed by atoms with Gasteiger partial charge < -0.3 is 18.6 Å². The molecule has 0 radical (unpaired) electrons. The summed E-state index contributed by atoms with van der Waals surface area (Å²) in [6, 6.07) is 8.34. The summed E-state index contributed by atoms with van der Waals surface area (Å²) in [5.41, 5.74) is 10.8. The topological polar surface area (TPSA) is 138 Å². The van der Waals surface area contributed by atoms with E-state index in [1.165, 1.54) is 0 Å². The van der Waals surface area contributed by atoms with Crippen LogP contribution in [0.1, 0.15) is 53.4 Å². The van der Waals surface area contributed by atoms with E-state index in [0.29, 0.717) is 0 Å². The predicted octanol–water partition coefficient (Wildman–Crippen LogP) is 5.27. The van der Waals surface area contributed by atoms with Crippen molar-refractivity contribution in [3.63, 3.8) is 0 Å². The molecule has 0 saturated carbocycles. The zero-order valence-corrected chi connectivity index (χ0v) is 21.4. The molecular weight excluding hydrogens is 460 g/mol. The van der Waals surface area contributed by atoms with Gasteiger partial charge in [0.15, 0.2) is 6.29 Å². The van der Waals surface area contributed by atoms with E-state index >= 15 is 0 Å². The third-order valence-corrected chi connectivity index (χ3v) is 12.9. The molecule has 1 unspecified atom stereocenters. The summed E-state index contributed by atoms with van der Waals surface area (Å²) >= 11 is 0. The Morgan fingerprint density at radius 1 is 1.12 bits per heavy atom. The average Bonchev–Trinajstić information content (AvgIpc) is 2.78. The number of hydrogen-bond donors (Lipinski definition) is 0. The number of benzene rings is 1. The van der Waals surface area contributed by atoms with Crippen LogP contribution in [0.2, 0.25) is 16.6 Å². The van der Waals surface area contributed by atoms with Crippen molar-refractivity contribution in [3.05, 3.63) is 56.5 Å². The van der Waals surface area contributed by atoms with Crippen molar-refractivity contribution < 1.29 is 28.6 Å². The fourth-order valence-corrected chi connectivity index (χ4v) is 11.0. The van der Waals surface area contributed by atoms with E-state index in [-0.39, 0.29) is 23.2 Å². The Morgan fingerprint density at radius 2 is 1.74 bits per heavy atom. The maximum Gasteiger partial charge on any atom is 0.297 e. The second-order valence-corrected chi connectivity index (χ2v) is 15.1. The number of nitrogens with zero attached hydrogens (tertiary/aromatic N) is 4. The highest BCUT2D eigenvalue weighted by Crippen LogP contribution is 2.46. The van der Waals surface area contributed by atoms with Crippen molar-refractivity contribution in [2.45, 2.75) is 95.1 Å². The number of fused-ring (bicyclic) bond motifs is 1. The molecule has 2 aliphatic heterocycles. The van der Waals surface area contributed by atoms with Gasteiger partial charge in [-0.2, -0.15) is 0 Å². The van der Waals surface area contributed by atoms with Gasteiger partial charge in [-0.3, -0.25) is 4.84 Å². The highest BCUT2D eigenvalue weighted by Gasteiger charge is 2.56. The molecule has 0 aromatic heterocycles. The van der Waals surface area contributed by atoms with E-state index in [9.17, 15) is 15.6 Å². The molecule has 1 aromatic rings. The zero-order chi connectivity index (χ0) is 25.0. The maximum atomic E-state index is 11.2. The summed E-state index contributed by atoms with van der Waals surface area (Å²) in [6.07, 6.45) is -4.29. The molecule has 2 saturated heterocycles. The first-order valence-corrected chi connectivity index (χ1v) is 13.8. The van der Waals surface area contributed by atoms with E-state index in [0.717, 1.165) is 5.56 Å². The summed E-state index contributed by atoms with van der Waals surface area (Å²) < 4.78 is 25.1. The van der Waals surface area contributed by atoms with E-state index in [2.05, 4.69) is 51.6 Å². The smallest absolute Gasteiger partial charge is 0.297 e. The Balaban J connectivity index is 2.05. The minimum atomic E-state index is -2.52. The van der Waals surface area contributed by atoms with Crippen LogP contribution in [0, 0.1) is 10.1 Å². The van der Waals surface area contributed by atoms with Crippen LogP contribution in [0.3, 0.4) is 0 Å². The zero-order valence-electron chi connectivity index (χ0n) is 20.4. The van der Waals surface area contributed by atoms with Crippen molar-refractivity contribution in [3.8, 4) is 0 Å². The lowest BCUT2D eigenvalue weighted by Crippen LogP contribution is -2.66. The van der Waals surface area contributed by atoms with Gasteiger partial charge in [-0.05, 0) is 22.2 Å². The molecule has 6 atom stereocenters. The molecule has 12 heteroatoms. The molecule has 0 N–H and O–H groups in total. The van der Waals surface area contributed by atoms with Crippen LogP contribution in [0.4, 0.5) is 0 Å². The maximum absolute atomic E-state index is 11.2. The first kappa shape index (κ1) is 26.4. The molecule has 0 spiro atoms. The van der Waals surface area contributed by atoms with Crippen molar-refractivity contribution in [1.29, 1.82) is 0 Å². The molecule has 34 heavy (non-hydrogen) atoms. The lowest BCUT2D eigenvalue weighted by Gasteiger charge is -2.52. The number of hydrogen-bond acceptors (Lipinski definition) is 8. The monoisotopic (exact) mass is 494 g/mol. The Morgan fingerprint density at radius 3 is 2.26 bits per heavy atom. The van der Waals surface area contributed by atoms with Crippen LogP contribution < -0.4 is 0 Å². The van der Waals surface area contributed by atoms with E-state index in [1.807, 2.05) is 30.3 Å².